The van der Waals surface area contributed by atoms with E-state index in [0.29, 0.717) is 22.2 Å². The van der Waals surface area contributed by atoms with Gasteiger partial charge in [0.05, 0.1) is 0 Å². The van der Waals surface area contributed by atoms with Gasteiger partial charge in [-0.1, -0.05) is 27.7 Å². The summed E-state index contributed by atoms with van der Waals surface area (Å²) < 4.78 is 0. The molecule has 19 heavy (non-hydrogen) atoms. The first-order valence-corrected chi connectivity index (χ1v) is 7.87. The second-order valence-corrected chi connectivity index (χ2v) is 7.61. The highest BCUT2D eigenvalue weighted by Gasteiger charge is 2.25. The average Bonchev–Trinajstić information content (AvgIpc) is 2.30. The van der Waals surface area contributed by atoms with Gasteiger partial charge in [0, 0.05) is 35.1 Å². The zero-order chi connectivity index (χ0) is 14.2. The van der Waals surface area contributed by atoms with Crippen LogP contribution in [0.4, 0.5) is 11.6 Å². The lowest BCUT2D eigenvalue weighted by molar-refractivity contribution is 0.700. The molecule has 5 heteroatoms. The van der Waals surface area contributed by atoms with E-state index in [2.05, 4.69) is 37.6 Å². The quantitative estimate of drug-likeness (QED) is 0.903. The molecular formula is C14H24N4S. The summed E-state index contributed by atoms with van der Waals surface area (Å²) in [6, 6.07) is 0. The van der Waals surface area contributed by atoms with Gasteiger partial charge in [-0.05, 0) is 6.92 Å². The molecule has 2 atom stereocenters. The lowest BCUT2D eigenvalue weighted by atomic mass is 10.2. The van der Waals surface area contributed by atoms with E-state index in [0.717, 1.165) is 30.3 Å². The molecule has 0 bridgehead atoms. The monoisotopic (exact) mass is 280 g/mol. The average molecular weight is 280 g/mol. The maximum Gasteiger partial charge on any atom is 0.137 e. The highest BCUT2D eigenvalue weighted by Crippen LogP contribution is 2.31. The molecule has 2 unspecified atom stereocenters. The summed E-state index contributed by atoms with van der Waals surface area (Å²) in [5, 5.41) is 1.25. The van der Waals surface area contributed by atoms with Crippen LogP contribution in [0.15, 0.2) is 0 Å². The number of thioether (sulfide) groups is 1. The number of nitrogen functional groups attached to an aromatic ring is 1. The number of nitrogens with zero attached hydrogens (tertiary/aromatic N) is 3. The lowest BCUT2D eigenvalue weighted by Crippen LogP contribution is -2.41. The van der Waals surface area contributed by atoms with Crippen LogP contribution in [-0.2, 0) is 0 Å². The predicted molar refractivity (Wildman–Crippen MR) is 84.0 cm³/mol. The number of rotatable bonds is 2. The number of hydrogen-bond acceptors (Lipinski definition) is 5. The number of aromatic nitrogens is 2. The maximum atomic E-state index is 6.05. The van der Waals surface area contributed by atoms with Crippen molar-refractivity contribution in [2.75, 3.05) is 23.7 Å². The van der Waals surface area contributed by atoms with Gasteiger partial charge in [0.2, 0.25) is 0 Å². The summed E-state index contributed by atoms with van der Waals surface area (Å²) in [5.41, 5.74) is 7.06. The van der Waals surface area contributed by atoms with Crippen molar-refractivity contribution in [3.05, 3.63) is 11.4 Å². The van der Waals surface area contributed by atoms with Crippen LogP contribution in [0.25, 0.3) is 0 Å². The van der Waals surface area contributed by atoms with E-state index < -0.39 is 0 Å². The normalized spacial score (nSPS) is 24.0. The topological polar surface area (TPSA) is 55.0 Å². The van der Waals surface area contributed by atoms with Gasteiger partial charge < -0.3 is 10.6 Å². The molecule has 1 fully saturated rings. The zero-order valence-corrected chi connectivity index (χ0v) is 13.3. The molecule has 106 valence electrons. The van der Waals surface area contributed by atoms with Gasteiger partial charge in [-0.2, -0.15) is 11.8 Å². The molecule has 4 nitrogen and oxygen atoms in total. The van der Waals surface area contributed by atoms with Crippen LogP contribution < -0.4 is 10.6 Å². The molecule has 2 heterocycles. The first-order valence-electron chi connectivity index (χ1n) is 6.93. The van der Waals surface area contributed by atoms with Gasteiger partial charge in [0.15, 0.2) is 0 Å². The van der Waals surface area contributed by atoms with E-state index in [-0.39, 0.29) is 0 Å². The number of nitrogens with two attached hydrogens (primary N) is 1. The van der Waals surface area contributed by atoms with Gasteiger partial charge in [0.1, 0.15) is 17.5 Å². The molecule has 2 N–H and O–H groups in total. The Hall–Kier alpha value is -0.970. The molecule has 1 aliphatic heterocycles. The molecule has 0 saturated carbocycles. The van der Waals surface area contributed by atoms with Crippen molar-refractivity contribution in [1.82, 2.24) is 9.97 Å². The van der Waals surface area contributed by atoms with Gasteiger partial charge >= 0.3 is 0 Å². The van der Waals surface area contributed by atoms with Crippen molar-refractivity contribution in [1.29, 1.82) is 0 Å². The molecule has 0 amide bonds. The van der Waals surface area contributed by atoms with Crippen LogP contribution in [0.1, 0.15) is 45.0 Å². The Bertz CT molecular complexity index is 451. The standard InChI is InChI=1S/C14H24N4S/c1-8(2)13-16-12(15)11(5)14(17-13)18-6-9(3)19-10(4)7-18/h8-10H,6-7H2,1-5H3,(H2,15,16,17). The SMILES string of the molecule is Cc1c(N)nc(C(C)C)nc1N1CC(C)SC(C)C1. The molecular weight excluding hydrogens is 256 g/mol. The first-order chi connectivity index (χ1) is 8.88. The zero-order valence-electron chi connectivity index (χ0n) is 12.5. The Kier molecular flexibility index (Phi) is 4.23. The minimum Gasteiger partial charge on any atom is -0.383 e. The van der Waals surface area contributed by atoms with Gasteiger partial charge in [-0.3, -0.25) is 0 Å². The van der Waals surface area contributed by atoms with Crippen LogP contribution >= 0.6 is 11.8 Å². The van der Waals surface area contributed by atoms with Gasteiger partial charge in [-0.25, -0.2) is 9.97 Å². The molecule has 0 spiro atoms. The van der Waals surface area contributed by atoms with E-state index in [1.165, 1.54) is 0 Å². The smallest absolute Gasteiger partial charge is 0.137 e. The Morgan fingerprint density at radius 2 is 1.79 bits per heavy atom. The summed E-state index contributed by atoms with van der Waals surface area (Å²) in [6.45, 7) is 12.8. The second kappa shape index (κ2) is 5.57. The van der Waals surface area contributed by atoms with Gasteiger partial charge in [0.25, 0.3) is 0 Å². The summed E-state index contributed by atoms with van der Waals surface area (Å²) >= 11 is 2.04. The molecule has 1 saturated heterocycles. The lowest BCUT2D eigenvalue weighted by Gasteiger charge is -2.36. The van der Waals surface area contributed by atoms with Crippen LogP contribution in [0.5, 0.6) is 0 Å². The minimum absolute atomic E-state index is 0.302. The minimum atomic E-state index is 0.302. The summed E-state index contributed by atoms with van der Waals surface area (Å²) in [5.74, 6) is 2.79. The predicted octanol–water partition coefficient (Wildman–Crippen LogP) is 2.82. The van der Waals surface area contributed by atoms with Crippen LogP contribution in [0.3, 0.4) is 0 Å². The second-order valence-electron chi connectivity index (χ2n) is 5.73. The van der Waals surface area contributed by atoms with Crippen molar-refractivity contribution in [3.63, 3.8) is 0 Å². The fraction of sp³-hybridized carbons (Fsp3) is 0.714. The number of hydrogen-bond donors (Lipinski definition) is 1. The fourth-order valence-corrected chi connectivity index (χ4v) is 3.78. The highest BCUT2D eigenvalue weighted by molar-refractivity contribution is 8.00. The Balaban J connectivity index is 2.37. The number of anilines is 2. The molecule has 0 aliphatic carbocycles. The third-order valence-electron chi connectivity index (χ3n) is 3.41. The van der Waals surface area contributed by atoms with Crippen molar-refractivity contribution < 1.29 is 0 Å². The van der Waals surface area contributed by atoms with E-state index in [9.17, 15) is 0 Å². The first kappa shape index (κ1) is 14.4. The third kappa shape index (κ3) is 3.14. The Morgan fingerprint density at radius 1 is 1.21 bits per heavy atom. The van der Waals surface area contributed by atoms with Crippen LogP contribution in [0.2, 0.25) is 0 Å². The Labute approximate surface area is 120 Å². The van der Waals surface area contributed by atoms with Crippen molar-refractivity contribution in [3.8, 4) is 0 Å². The van der Waals surface area contributed by atoms with E-state index in [1.54, 1.807) is 0 Å². The summed E-state index contributed by atoms with van der Waals surface area (Å²) in [4.78, 5) is 11.5. The van der Waals surface area contributed by atoms with E-state index >= 15 is 0 Å². The summed E-state index contributed by atoms with van der Waals surface area (Å²) in [6.07, 6.45) is 0. The van der Waals surface area contributed by atoms with E-state index in [1.807, 2.05) is 18.7 Å². The largest absolute Gasteiger partial charge is 0.383 e. The maximum absolute atomic E-state index is 6.05. The van der Waals surface area contributed by atoms with E-state index in [4.69, 9.17) is 10.7 Å². The van der Waals surface area contributed by atoms with Crippen molar-refractivity contribution in [2.24, 2.45) is 0 Å². The molecule has 1 aromatic heterocycles. The molecule has 0 aromatic carbocycles. The molecule has 0 radical (unpaired) electrons. The summed E-state index contributed by atoms with van der Waals surface area (Å²) in [7, 11) is 0. The molecule has 1 aliphatic rings. The Morgan fingerprint density at radius 3 is 2.32 bits per heavy atom. The van der Waals surface area contributed by atoms with Crippen LogP contribution in [-0.4, -0.2) is 33.6 Å². The highest BCUT2D eigenvalue weighted by atomic mass is 32.2. The molecule has 1 aromatic rings. The third-order valence-corrected chi connectivity index (χ3v) is 4.64. The van der Waals surface area contributed by atoms with Crippen molar-refractivity contribution >= 4 is 23.4 Å². The fourth-order valence-electron chi connectivity index (χ4n) is 2.46. The van der Waals surface area contributed by atoms with Gasteiger partial charge in [-0.15, -0.1) is 0 Å². The van der Waals surface area contributed by atoms with Crippen LogP contribution in [0, 0.1) is 6.92 Å². The molecule has 2 rings (SSSR count). The van der Waals surface area contributed by atoms with Crippen molar-refractivity contribution in [2.45, 2.75) is 51.0 Å².